The van der Waals surface area contributed by atoms with Gasteiger partial charge in [-0.1, -0.05) is 84.9 Å². The first kappa shape index (κ1) is 41.0. The highest BCUT2D eigenvalue weighted by atomic mass is 16.6. The summed E-state index contributed by atoms with van der Waals surface area (Å²) in [7, 11) is 3.35. The molecular formula is C52H51N5O8. The van der Waals surface area contributed by atoms with Crippen LogP contribution < -0.4 is 10.6 Å². The molecule has 2 bridgehead atoms. The monoisotopic (exact) mass is 873 g/mol. The van der Waals surface area contributed by atoms with Gasteiger partial charge < -0.3 is 43.6 Å². The van der Waals surface area contributed by atoms with Crippen LogP contribution in [-0.4, -0.2) is 82.5 Å². The van der Waals surface area contributed by atoms with Crippen molar-refractivity contribution in [3.63, 3.8) is 0 Å². The van der Waals surface area contributed by atoms with Gasteiger partial charge in [-0.05, 0) is 74.1 Å². The third-order valence-corrected chi connectivity index (χ3v) is 14.0. The molecule has 0 spiro atoms. The van der Waals surface area contributed by atoms with Crippen molar-refractivity contribution in [2.75, 3.05) is 20.8 Å². The normalized spacial score (nSPS) is 21.3. The summed E-state index contributed by atoms with van der Waals surface area (Å²) in [5.41, 5.74) is 7.64. The highest BCUT2D eigenvalue weighted by Crippen LogP contribution is 2.54. The lowest BCUT2D eigenvalue weighted by molar-refractivity contribution is -0.266. The van der Waals surface area contributed by atoms with Crippen molar-refractivity contribution in [3.05, 3.63) is 119 Å². The van der Waals surface area contributed by atoms with Gasteiger partial charge in [-0.15, -0.1) is 0 Å². The molecule has 5 heterocycles. The number of rotatable bonds is 9. The molecule has 7 aromatic rings. The summed E-state index contributed by atoms with van der Waals surface area (Å²) < 4.78 is 29.9. The highest BCUT2D eigenvalue weighted by Gasteiger charge is 2.55. The molecule has 13 heteroatoms. The Morgan fingerprint density at radius 3 is 2.20 bits per heavy atom. The first-order chi connectivity index (χ1) is 31.3. The maximum absolute atomic E-state index is 15.2. The molecule has 5 aromatic carbocycles. The standard InChI is InChI=1S/C52H51N5O8/c1-51(2,3)65-41(58)24-23-36(54-50(61)63-27-35-30-17-9-7-15-28(30)29-16-8-10-18-31(29)35)49(60)55(5)39-25-40-56-37-21-13-11-19-32(37)43-44-34(26-53-48(44)59)42-33-20-12-14-22-38(33)57(46(42)45(43)56)52(4,64-40)47(39)62-6/h7-22,35-36,39-40,47H,23-27H2,1-6H3,(H,53,59)(H,54,61). The Labute approximate surface area is 375 Å². The van der Waals surface area contributed by atoms with Gasteiger partial charge in [0.15, 0.2) is 5.72 Å². The fraction of sp³-hybridized carbons (Fsp3) is 0.346. The fourth-order valence-electron chi connectivity index (χ4n) is 11.5. The number of carbonyl (C=O) groups is 4. The predicted molar refractivity (Wildman–Crippen MR) is 246 cm³/mol. The van der Waals surface area contributed by atoms with Crippen LogP contribution in [0.5, 0.6) is 0 Å². The summed E-state index contributed by atoms with van der Waals surface area (Å²) in [4.78, 5) is 57.8. The minimum Gasteiger partial charge on any atom is -0.460 e. The van der Waals surface area contributed by atoms with E-state index < -0.39 is 53.7 Å². The maximum atomic E-state index is 15.2. The third-order valence-electron chi connectivity index (χ3n) is 14.0. The van der Waals surface area contributed by atoms with Crippen molar-refractivity contribution in [2.45, 2.75) is 95.2 Å². The van der Waals surface area contributed by atoms with Gasteiger partial charge in [-0.2, -0.15) is 0 Å². The van der Waals surface area contributed by atoms with E-state index in [9.17, 15) is 14.4 Å². The molecule has 1 aliphatic carbocycles. The molecule has 13 nitrogen and oxygen atoms in total. The molecule has 2 aromatic heterocycles. The van der Waals surface area contributed by atoms with Crippen molar-refractivity contribution in [2.24, 2.45) is 0 Å². The quantitative estimate of drug-likeness (QED) is 0.137. The molecular weight excluding hydrogens is 823 g/mol. The number of para-hydroxylation sites is 2. The second-order valence-electron chi connectivity index (χ2n) is 18.9. The Kier molecular flexibility index (Phi) is 9.42. The second kappa shape index (κ2) is 14.9. The van der Waals surface area contributed by atoms with E-state index in [4.69, 9.17) is 18.9 Å². The number of nitrogens with one attached hydrogen (secondary N) is 2. The van der Waals surface area contributed by atoms with E-state index in [2.05, 4.69) is 56.2 Å². The number of alkyl carbamates (subject to hydrolysis) is 1. The molecule has 11 rings (SSSR count). The van der Waals surface area contributed by atoms with Crippen molar-refractivity contribution in [1.82, 2.24) is 24.7 Å². The van der Waals surface area contributed by atoms with Crippen LogP contribution in [0.2, 0.25) is 0 Å². The van der Waals surface area contributed by atoms with Crippen LogP contribution in [0.3, 0.4) is 0 Å². The number of carbonyl (C=O) groups excluding carboxylic acids is 4. The molecule has 3 amide bonds. The van der Waals surface area contributed by atoms with Crippen LogP contribution in [0.15, 0.2) is 97.1 Å². The van der Waals surface area contributed by atoms with Crippen LogP contribution in [0.4, 0.5) is 4.79 Å². The second-order valence-corrected chi connectivity index (χ2v) is 18.9. The minimum absolute atomic E-state index is 0.0331. The molecule has 2 N–H and O–H groups in total. The van der Waals surface area contributed by atoms with Gasteiger partial charge in [0.05, 0.1) is 33.7 Å². The molecule has 4 aliphatic rings. The number of hydrogen-bond donors (Lipinski definition) is 2. The Morgan fingerprint density at radius 2 is 1.52 bits per heavy atom. The smallest absolute Gasteiger partial charge is 0.407 e. The number of ether oxygens (including phenoxy) is 4. The summed E-state index contributed by atoms with van der Waals surface area (Å²) in [5, 5.41) is 9.75. The Hall–Kier alpha value is -6.70. The van der Waals surface area contributed by atoms with Gasteiger partial charge in [0, 0.05) is 61.0 Å². The van der Waals surface area contributed by atoms with Crippen molar-refractivity contribution in [3.8, 4) is 11.1 Å². The summed E-state index contributed by atoms with van der Waals surface area (Å²) in [6, 6.07) is 30.6. The number of esters is 1. The number of methoxy groups -OCH3 is 1. The molecule has 1 fully saturated rings. The summed E-state index contributed by atoms with van der Waals surface area (Å²) >= 11 is 0. The van der Waals surface area contributed by atoms with E-state index in [-0.39, 0.29) is 31.3 Å². The zero-order valence-electron chi connectivity index (χ0n) is 37.3. The number of nitrogens with zero attached hydrogens (tertiary/aromatic N) is 3. The van der Waals surface area contributed by atoms with E-state index in [0.717, 1.165) is 71.4 Å². The molecule has 0 radical (unpaired) electrons. The van der Waals surface area contributed by atoms with Crippen LogP contribution in [-0.2, 0) is 40.8 Å². The van der Waals surface area contributed by atoms with Crippen molar-refractivity contribution >= 4 is 67.5 Å². The van der Waals surface area contributed by atoms with Gasteiger partial charge in [0.25, 0.3) is 5.91 Å². The topological polar surface area (TPSA) is 142 Å². The largest absolute Gasteiger partial charge is 0.460 e. The number of fused-ring (bicyclic) bond motifs is 16. The first-order valence-corrected chi connectivity index (χ1v) is 22.4. The fourth-order valence-corrected chi connectivity index (χ4v) is 11.5. The summed E-state index contributed by atoms with van der Waals surface area (Å²) in [6.07, 6.45) is -1.97. The summed E-state index contributed by atoms with van der Waals surface area (Å²) in [5.74, 6) is -1.21. The molecule has 5 unspecified atom stereocenters. The highest BCUT2D eigenvalue weighted by molar-refractivity contribution is 6.31. The summed E-state index contributed by atoms with van der Waals surface area (Å²) in [6.45, 7) is 7.82. The SMILES string of the molecule is COC1C(N(C)C(=O)C(CCC(=O)OC(C)(C)C)NC(=O)OCC2c3ccccc3-c3ccccc32)CC2OC1(C)n1c3ccccc3c3c4c(c5c6ccccc6n2c5c31)C(=O)NC4. The van der Waals surface area contributed by atoms with Gasteiger partial charge in [0.2, 0.25) is 5.91 Å². The molecule has 0 saturated carbocycles. The van der Waals surface area contributed by atoms with E-state index in [1.54, 1.807) is 39.8 Å². The van der Waals surface area contributed by atoms with Gasteiger partial charge >= 0.3 is 12.1 Å². The molecule has 65 heavy (non-hydrogen) atoms. The Balaban J connectivity index is 0.971. The lowest BCUT2D eigenvalue weighted by Gasteiger charge is -2.50. The lowest BCUT2D eigenvalue weighted by Crippen LogP contribution is -2.63. The van der Waals surface area contributed by atoms with Crippen LogP contribution in [0.1, 0.15) is 86.2 Å². The zero-order valence-corrected chi connectivity index (χ0v) is 37.3. The van der Waals surface area contributed by atoms with Gasteiger partial charge in [0.1, 0.15) is 30.6 Å². The maximum Gasteiger partial charge on any atom is 0.407 e. The third kappa shape index (κ3) is 6.19. The zero-order chi connectivity index (χ0) is 45.1. The Morgan fingerprint density at radius 1 is 0.892 bits per heavy atom. The number of aromatic nitrogens is 2. The molecule has 5 atom stereocenters. The number of likely N-dealkylation sites (N-methyl/N-ethyl adjacent to an activating group) is 1. The van der Waals surface area contributed by atoms with Gasteiger partial charge in [-0.25, -0.2) is 4.79 Å². The van der Waals surface area contributed by atoms with Crippen LogP contribution >= 0.6 is 0 Å². The van der Waals surface area contributed by atoms with E-state index in [1.807, 2.05) is 67.6 Å². The minimum atomic E-state index is -1.19. The molecule has 3 aliphatic heterocycles. The molecule has 1 saturated heterocycles. The number of benzene rings is 5. The van der Waals surface area contributed by atoms with Crippen LogP contribution in [0, 0.1) is 0 Å². The number of hydrogen-bond acceptors (Lipinski definition) is 8. The van der Waals surface area contributed by atoms with Gasteiger partial charge in [-0.3, -0.25) is 14.4 Å². The van der Waals surface area contributed by atoms with Crippen molar-refractivity contribution < 1.29 is 38.1 Å². The predicted octanol–water partition coefficient (Wildman–Crippen LogP) is 8.62. The van der Waals surface area contributed by atoms with E-state index in [0.29, 0.717) is 18.5 Å². The molecule has 332 valence electrons. The Bertz CT molecular complexity index is 3120. The first-order valence-electron chi connectivity index (χ1n) is 22.4. The average molecular weight is 874 g/mol. The lowest BCUT2D eigenvalue weighted by atomic mass is 9.91. The van der Waals surface area contributed by atoms with E-state index >= 15 is 4.79 Å². The average Bonchev–Trinajstić information content (AvgIpc) is 4.02. The number of amides is 3. The van der Waals surface area contributed by atoms with Crippen LogP contribution in [0.25, 0.3) is 54.7 Å². The van der Waals surface area contributed by atoms with E-state index in [1.165, 1.54) is 0 Å². The van der Waals surface area contributed by atoms with Crippen molar-refractivity contribution in [1.29, 1.82) is 0 Å².